The van der Waals surface area contributed by atoms with E-state index in [4.69, 9.17) is 13.6 Å². The van der Waals surface area contributed by atoms with E-state index >= 15 is 0 Å². The zero-order chi connectivity index (χ0) is 7.44. The number of allylic oxidation sites excluding steroid dienone is 3. The molecule has 0 aromatic heterocycles. The quantitative estimate of drug-likeness (QED) is 0.427. The molecule has 0 rings (SSSR count). The lowest BCUT2D eigenvalue weighted by Crippen LogP contribution is -1.95. The second-order valence-electron chi connectivity index (χ2n) is 1.93. The second-order valence-corrected chi connectivity index (χ2v) is 1.93. The van der Waals surface area contributed by atoms with Gasteiger partial charge in [0, 0.05) is 5.70 Å². The Kier molecular flexibility index (Phi) is 2.86. The van der Waals surface area contributed by atoms with Gasteiger partial charge in [0.1, 0.15) is 7.85 Å². The Morgan fingerprint density at radius 3 is 2.11 bits per heavy atom. The summed E-state index contributed by atoms with van der Waals surface area (Å²) in [4.78, 5) is 0. The van der Waals surface area contributed by atoms with Gasteiger partial charge in [-0.1, -0.05) is 12.7 Å². The molecule has 0 atom stereocenters. The van der Waals surface area contributed by atoms with E-state index in [1.807, 2.05) is 6.92 Å². The molecule has 0 bridgehead atoms. The minimum atomic E-state index is 0.499. The van der Waals surface area contributed by atoms with E-state index in [1.54, 1.807) is 6.08 Å². The van der Waals surface area contributed by atoms with Gasteiger partial charge in [-0.2, -0.15) is 0 Å². The maximum Gasteiger partial charge on any atom is 0.112 e. The number of hydrogen-bond donors (Lipinski definition) is 1. The van der Waals surface area contributed by atoms with Gasteiger partial charge in [-0.3, -0.25) is 0 Å². The number of nitrogens with two attached hydrogens (primary N) is 1. The normalized spacial score (nSPS) is 11.0. The van der Waals surface area contributed by atoms with Crippen molar-refractivity contribution in [3.8, 4) is 0 Å². The van der Waals surface area contributed by atoms with E-state index in [9.17, 15) is 0 Å². The number of rotatable bonds is 2. The Morgan fingerprint density at radius 1 is 1.56 bits per heavy atom. The van der Waals surface area contributed by atoms with Gasteiger partial charge in [0.25, 0.3) is 0 Å². The van der Waals surface area contributed by atoms with Gasteiger partial charge in [-0.15, -0.1) is 12.1 Å². The molecule has 2 radical (unpaired) electrons. The maximum absolute atomic E-state index is 5.32. The fourth-order valence-electron chi connectivity index (χ4n) is 0.371. The lowest BCUT2D eigenvalue weighted by atomic mass is 9.95. The first kappa shape index (κ1) is 8.08. The van der Waals surface area contributed by atoms with Crippen LogP contribution in [0.15, 0.2) is 36.0 Å². The van der Waals surface area contributed by atoms with Crippen molar-refractivity contribution in [3.05, 3.63) is 36.0 Å². The molecule has 9 heavy (non-hydrogen) atoms. The van der Waals surface area contributed by atoms with Crippen LogP contribution in [0.25, 0.3) is 0 Å². The molecule has 0 unspecified atom stereocenters. The van der Waals surface area contributed by atoms with Crippen LogP contribution in [-0.4, -0.2) is 7.85 Å². The van der Waals surface area contributed by atoms with Gasteiger partial charge in [0.05, 0.1) is 0 Å². The zero-order valence-electron chi connectivity index (χ0n) is 5.65. The summed E-state index contributed by atoms with van der Waals surface area (Å²) in [5, 5.41) is 0. The lowest BCUT2D eigenvalue weighted by molar-refractivity contribution is 1.31. The van der Waals surface area contributed by atoms with Crippen LogP contribution < -0.4 is 5.73 Å². The first-order valence-electron chi connectivity index (χ1n) is 2.61. The maximum atomic E-state index is 5.32. The van der Waals surface area contributed by atoms with Crippen LogP contribution in [0, 0.1) is 0 Å². The summed E-state index contributed by atoms with van der Waals surface area (Å²) in [7, 11) is 5.26. The van der Waals surface area contributed by atoms with Crippen molar-refractivity contribution in [2.45, 2.75) is 6.92 Å². The summed E-state index contributed by atoms with van der Waals surface area (Å²) in [5.74, 6) is 0. The fourth-order valence-corrected chi connectivity index (χ4v) is 0.371. The number of hydrogen-bond acceptors (Lipinski definition) is 1. The smallest absolute Gasteiger partial charge is 0.112 e. The first-order chi connectivity index (χ1) is 4.04. The largest absolute Gasteiger partial charge is 0.399 e. The standard InChI is InChI=1S/C7H10BN/c1-5(7(3)9)4-6(2)8/h4H,2-3,9H2,1H3/b5-4-. The molecule has 0 heterocycles. The summed E-state index contributed by atoms with van der Waals surface area (Å²) in [6.07, 6.45) is 1.68. The summed E-state index contributed by atoms with van der Waals surface area (Å²) in [6, 6.07) is 0. The van der Waals surface area contributed by atoms with Crippen molar-refractivity contribution in [3.63, 3.8) is 0 Å². The molecule has 0 aromatic rings. The summed E-state index contributed by atoms with van der Waals surface area (Å²) in [6.45, 7) is 8.84. The summed E-state index contributed by atoms with van der Waals surface area (Å²) in [5.41, 5.74) is 7.22. The molecule has 2 heteroatoms. The summed E-state index contributed by atoms with van der Waals surface area (Å²) >= 11 is 0. The molecular formula is C7H10BN. The van der Waals surface area contributed by atoms with Crippen LogP contribution in [-0.2, 0) is 0 Å². The highest BCUT2D eigenvalue weighted by Gasteiger charge is 1.86. The molecule has 0 fully saturated rings. The van der Waals surface area contributed by atoms with E-state index in [0.717, 1.165) is 5.57 Å². The van der Waals surface area contributed by atoms with Crippen LogP contribution in [0.4, 0.5) is 0 Å². The second kappa shape index (κ2) is 3.18. The fraction of sp³-hybridized carbons (Fsp3) is 0.143. The SMILES string of the molecule is [B]C(=C)/C=C(/C)C(=C)N. The van der Waals surface area contributed by atoms with Crippen molar-refractivity contribution >= 4 is 7.85 Å². The predicted molar refractivity (Wildman–Crippen MR) is 42.0 cm³/mol. The van der Waals surface area contributed by atoms with E-state index in [0.29, 0.717) is 11.2 Å². The van der Waals surface area contributed by atoms with Crippen LogP contribution in [0.2, 0.25) is 0 Å². The van der Waals surface area contributed by atoms with Gasteiger partial charge < -0.3 is 5.73 Å². The molecule has 0 amide bonds. The first-order valence-corrected chi connectivity index (χ1v) is 2.61. The van der Waals surface area contributed by atoms with Crippen LogP contribution in [0.1, 0.15) is 6.92 Å². The Labute approximate surface area is 57.4 Å². The molecule has 0 aromatic carbocycles. The van der Waals surface area contributed by atoms with E-state index in [2.05, 4.69) is 13.2 Å². The van der Waals surface area contributed by atoms with Gasteiger partial charge in [-0.05, 0) is 12.5 Å². The van der Waals surface area contributed by atoms with Gasteiger partial charge in [0.2, 0.25) is 0 Å². The molecule has 2 N–H and O–H groups in total. The third kappa shape index (κ3) is 3.65. The van der Waals surface area contributed by atoms with Gasteiger partial charge >= 0.3 is 0 Å². The molecule has 0 aliphatic carbocycles. The molecule has 0 aliphatic heterocycles. The van der Waals surface area contributed by atoms with Gasteiger partial charge in [0.15, 0.2) is 0 Å². The van der Waals surface area contributed by atoms with Crippen molar-refractivity contribution in [1.29, 1.82) is 0 Å². The minimum Gasteiger partial charge on any atom is -0.399 e. The highest BCUT2D eigenvalue weighted by Crippen LogP contribution is 2.01. The van der Waals surface area contributed by atoms with Crippen molar-refractivity contribution in [2.75, 3.05) is 0 Å². The molecule has 0 saturated carbocycles. The third-order valence-corrected chi connectivity index (χ3v) is 0.908. The topological polar surface area (TPSA) is 26.0 Å². The molecule has 46 valence electrons. The Morgan fingerprint density at radius 2 is 2.00 bits per heavy atom. The highest BCUT2D eigenvalue weighted by atomic mass is 14.6. The van der Waals surface area contributed by atoms with Crippen LogP contribution >= 0.6 is 0 Å². The van der Waals surface area contributed by atoms with Crippen molar-refractivity contribution < 1.29 is 0 Å². The predicted octanol–water partition coefficient (Wildman–Crippen LogP) is 1.09. The van der Waals surface area contributed by atoms with Crippen LogP contribution in [0.3, 0.4) is 0 Å². The van der Waals surface area contributed by atoms with Crippen molar-refractivity contribution in [1.82, 2.24) is 0 Å². The van der Waals surface area contributed by atoms with Gasteiger partial charge in [-0.25, -0.2) is 0 Å². The Hall–Kier alpha value is -0.915. The average Bonchev–Trinajstić information content (AvgIpc) is 1.63. The van der Waals surface area contributed by atoms with E-state index in [1.165, 1.54) is 0 Å². The minimum absolute atomic E-state index is 0.499. The molecule has 0 saturated heterocycles. The Balaban J connectivity index is 4.17. The molecule has 0 spiro atoms. The molecular weight excluding hydrogens is 109 g/mol. The zero-order valence-corrected chi connectivity index (χ0v) is 5.65. The van der Waals surface area contributed by atoms with Crippen molar-refractivity contribution in [2.24, 2.45) is 5.73 Å². The average molecular weight is 119 g/mol. The monoisotopic (exact) mass is 119 g/mol. The third-order valence-electron chi connectivity index (χ3n) is 0.908. The van der Waals surface area contributed by atoms with Crippen LogP contribution in [0.5, 0.6) is 0 Å². The van der Waals surface area contributed by atoms with E-state index < -0.39 is 0 Å². The lowest BCUT2D eigenvalue weighted by Gasteiger charge is -1.96. The molecule has 0 aliphatic rings. The summed E-state index contributed by atoms with van der Waals surface area (Å²) < 4.78 is 0. The molecule has 1 nitrogen and oxygen atoms in total. The highest BCUT2D eigenvalue weighted by molar-refractivity contribution is 6.23. The van der Waals surface area contributed by atoms with E-state index in [-0.39, 0.29) is 0 Å². The Bertz CT molecular complexity index is 168.